The van der Waals surface area contributed by atoms with Crippen LogP contribution in [-0.2, 0) is 9.53 Å². The summed E-state index contributed by atoms with van der Waals surface area (Å²) >= 11 is 6.30. The molecule has 4 N–H and O–H groups in total. The van der Waals surface area contributed by atoms with Gasteiger partial charge in [0.25, 0.3) is 0 Å². The third-order valence-corrected chi connectivity index (χ3v) is 8.00. The number of nitrogens with two attached hydrogens (primary N) is 1. The number of nitrogen functional groups attached to an aromatic ring is 1. The Bertz CT molecular complexity index is 1840. The van der Waals surface area contributed by atoms with Gasteiger partial charge in [-0.2, -0.15) is 4.68 Å². The largest absolute Gasteiger partial charge is 0.453 e. The van der Waals surface area contributed by atoms with Crippen molar-refractivity contribution in [2.24, 2.45) is 0 Å². The number of amides is 2. The number of tetrazole rings is 1. The van der Waals surface area contributed by atoms with E-state index in [1.165, 1.54) is 18.1 Å². The van der Waals surface area contributed by atoms with Crippen LogP contribution < -0.4 is 11.1 Å². The fourth-order valence-electron chi connectivity index (χ4n) is 5.70. The summed E-state index contributed by atoms with van der Waals surface area (Å²) in [5, 5.41) is 14.6. The number of methoxy groups -OCH3 is 1. The minimum absolute atomic E-state index is 0.00299. The number of ether oxygens (including phenoxy) is 1. The second-order valence-corrected chi connectivity index (χ2v) is 11.0. The second kappa shape index (κ2) is 13.0. The number of carbonyl (C=O) groups is 2. The predicted octanol–water partition coefficient (Wildman–Crippen LogP) is 5.63. The highest BCUT2D eigenvalue weighted by Gasteiger charge is 2.37. The predicted molar refractivity (Wildman–Crippen MR) is 171 cm³/mol. The Balaban J connectivity index is 1.33. The van der Waals surface area contributed by atoms with E-state index in [-0.39, 0.29) is 17.9 Å². The van der Waals surface area contributed by atoms with Gasteiger partial charge >= 0.3 is 6.09 Å². The molecule has 0 spiro atoms. The normalized spacial score (nSPS) is 16.5. The van der Waals surface area contributed by atoms with Gasteiger partial charge in [-0.3, -0.25) is 10.1 Å². The van der Waals surface area contributed by atoms with Crippen LogP contribution in [0.2, 0.25) is 5.02 Å². The van der Waals surface area contributed by atoms with Crippen LogP contribution in [0.1, 0.15) is 41.8 Å². The minimum atomic E-state index is -0.589. The van der Waals surface area contributed by atoms with Crippen molar-refractivity contribution < 1.29 is 14.3 Å². The van der Waals surface area contributed by atoms with Gasteiger partial charge in [0.15, 0.2) is 0 Å². The van der Waals surface area contributed by atoms with Crippen LogP contribution in [0, 0.1) is 0 Å². The second-order valence-electron chi connectivity index (χ2n) is 10.5. The van der Waals surface area contributed by atoms with Gasteiger partial charge in [-0.1, -0.05) is 41.9 Å². The fraction of sp³-hybridized carbons (Fsp3) is 0.188. The standard InChI is InChI=1S/C32H30ClN9O3/c1-45-32(44)37-23-11-12-25(26(34)17-23)27-18-35-31(38-27)30-24(20-6-3-2-4-7-20)8-5-15-41(30)29(43)14-9-21-16-22(33)10-13-28(21)42-19-36-39-40-42/h2-4,6-7,9-14,16-19,24,30H,5,8,15,34H2,1H3,(H,35,38)(H,37,44)/b14-9+. The maximum Gasteiger partial charge on any atom is 0.411 e. The molecule has 228 valence electrons. The lowest BCUT2D eigenvalue weighted by Gasteiger charge is -2.40. The number of H-pyrrole nitrogens is 1. The number of imidazole rings is 1. The Hall–Kier alpha value is -5.49. The molecule has 1 saturated heterocycles. The van der Waals surface area contributed by atoms with Gasteiger partial charge < -0.3 is 20.4 Å². The molecule has 13 heteroatoms. The summed E-state index contributed by atoms with van der Waals surface area (Å²) in [5.74, 6) is 0.482. The number of benzene rings is 3. The molecule has 45 heavy (non-hydrogen) atoms. The van der Waals surface area contributed by atoms with Crippen molar-refractivity contribution >= 4 is 41.1 Å². The van der Waals surface area contributed by atoms with Gasteiger partial charge in [0.05, 0.1) is 24.5 Å². The molecule has 5 aromatic rings. The van der Waals surface area contributed by atoms with E-state index in [4.69, 9.17) is 22.3 Å². The maximum atomic E-state index is 13.9. The van der Waals surface area contributed by atoms with E-state index in [0.29, 0.717) is 51.3 Å². The van der Waals surface area contributed by atoms with Crippen molar-refractivity contribution in [2.75, 3.05) is 24.7 Å². The third kappa shape index (κ3) is 6.41. The Morgan fingerprint density at radius 2 is 1.98 bits per heavy atom. The number of carbonyl (C=O) groups excluding carboxylic acids is 2. The van der Waals surface area contributed by atoms with Gasteiger partial charge in [0.2, 0.25) is 5.91 Å². The molecule has 0 saturated carbocycles. The van der Waals surface area contributed by atoms with Gasteiger partial charge in [0.1, 0.15) is 12.2 Å². The van der Waals surface area contributed by atoms with Crippen LogP contribution in [0.15, 0.2) is 85.3 Å². The fourth-order valence-corrected chi connectivity index (χ4v) is 5.88. The van der Waals surface area contributed by atoms with Crippen LogP contribution in [0.4, 0.5) is 16.2 Å². The van der Waals surface area contributed by atoms with Crippen molar-refractivity contribution in [1.29, 1.82) is 0 Å². The van der Waals surface area contributed by atoms with Crippen molar-refractivity contribution in [1.82, 2.24) is 35.1 Å². The highest BCUT2D eigenvalue weighted by Crippen LogP contribution is 2.42. The van der Waals surface area contributed by atoms with Crippen molar-refractivity contribution in [3.05, 3.63) is 107 Å². The first kappa shape index (κ1) is 29.6. The van der Waals surface area contributed by atoms with E-state index in [0.717, 1.165) is 18.4 Å². The van der Waals surface area contributed by atoms with Gasteiger partial charge in [-0.25, -0.2) is 9.78 Å². The number of likely N-dealkylation sites (tertiary alicyclic amines) is 1. The zero-order valence-electron chi connectivity index (χ0n) is 24.3. The molecule has 0 radical (unpaired) electrons. The summed E-state index contributed by atoms with van der Waals surface area (Å²) in [7, 11) is 1.29. The zero-order chi connectivity index (χ0) is 31.3. The summed E-state index contributed by atoms with van der Waals surface area (Å²) in [5.41, 5.74) is 11.1. The summed E-state index contributed by atoms with van der Waals surface area (Å²) in [6.07, 6.45) is 7.67. The van der Waals surface area contributed by atoms with E-state index in [9.17, 15) is 9.59 Å². The molecule has 1 fully saturated rings. The molecule has 2 unspecified atom stereocenters. The number of hydrogen-bond acceptors (Lipinski definition) is 8. The molecule has 1 aliphatic heterocycles. The van der Waals surface area contributed by atoms with E-state index >= 15 is 0 Å². The molecule has 12 nitrogen and oxygen atoms in total. The Kier molecular flexibility index (Phi) is 8.56. The number of aromatic amines is 1. The molecule has 3 aromatic carbocycles. The van der Waals surface area contributed by atoms with Crippen LogP contribution in [0.3, 0.4) is 0 Å². The number of nitrogens with zero attached hydrogens (tertiary/aromatic N) is 6. The Morgan fingerprint density at radius 1 is 1.13 bits per heavy atom. The molecule has 0 bridgehead atoms. The van der Waals surface area contributed by atoms with Crippen LogP contribution in [-0.4, -0.2) is 60.7 Å². The monoisotopic (exact) mass is 623 g/mol. The molecule has 3 heterocycles. The average Bonchev–Trinajstić information content (AvgIpc) is 3.77. The number of hydrogen-bond donors (Lipinski definition) is 3. The molecule has 2 aromatic heterocycles. The first-order chi connectivity index (χ1) is 21.9. The summed E-state index contributed by atoms with van der Waals surface area (Å²) < 4.78 is 6.18. The van der Waals surface area contributed by atoms with Crippen molar-refractivity contribution in [3.63, 3.8) is 0 Å². The number of halogens is 1. The van der Waals surface area contributed by atoms with Crippen LogP contribution in [0.5, 0.6) is 0 Å². The summed E-state index contributed by atoms with van der Waals surface area (Å²) in [6.45, 7) is 0.554. The quantitative estimate of drug-likeness (QED) is 0.156. The number of nitrogens with one attached hydrogen (secondary N) is 2. The van der Waals surface area contributed by atoms with E-state index in [2.05, 4.69) is 42.7 Å². The third-order valence-electron chi connectivity index (χ3n) is 7.77. The Morgan fingerprint density at radius 3 is 2.73 bits per heavy atom. The number of anilines is 2. The summed E-state index contributed by atoms with van der Waals surface area (Å²) in [4.78, 5) is 35.7. The summed E-state index contributed by atoms with van der Waals surface area (Å²) in [6, 6.07) is 20.3. The van der Waals surface area contributed by atoms with E-state index < -0.39 is 6.09 Å². The van der Waals surface area contributed by atoms with Gasteiger partial charge in [-0.15, -0.1) is 5.10 Å². The Labute approximate surface area is 263 Å². The minimum Gasteiger partial charge on any atom is -0.453 e. The maximum absolute atomic E-state index is 13.9. The molecular formula is C32H30ClN9O3. The first-order valence-electron chi connectivity index (χ1n) is 14.3. The lowest BCUT2D eigenvalue weighted by molar-refractivity contribution is -0.130. The average molecular weight is 624 g/mol. The van der Waals surface area contributed by atoms with Crippen LogP contribution >= 0.6 is 11.6 Å². The van der Waals surface area contributed by atoms with Crippen molar-refractivity contribution in [2.45, 2.75) is 24.8 Å². The first-order valence-corrected chi connectivity index (χ1v) is 14.7. The highest BCUT2D eigenvalue weighted by molar-refractivity contribution is 6.30. The SMILES string of the molecule is COC(=O)Nc1ccc(-c2c[nH]c(C3C(c4ccccc4)CCCN3C(=O)/C=C/c3cc(Cl)ccc3-n3cnnn3)n2)c(N)c1. The van der Waals surface area contributed by atoms with Gasteiger partial charge in [-0.05, 0) is 71.3 Å². The molecule has 2 amide bonds. The van der Waals surface area contributed by atoms with Crippen molar-refractivity contribution in [3.8, 4) is 16.9 Å². The number of rotatable bonds is 7. The highest BCUT2D eigenvalue weighted by atomic mass is 35.5. The number of aromatic nitrogens is 6. The zero-order valence-corrected chi connectivity index (χ0v) is 25.1. The topological polar surface area (TPSA) is 157 Å². The van der Waals surface area contributed by atoms with E-state index in [1.54, 1.807) is 54.7 Å². The number of piperidine rings is 1. The molecular weight excluding hydrogens is 594 g/mol. The molecule has 1 aliphatic rings. The smallest absolute Gasteiger partial charge is 0.411 e. The van der Waals surface area contributed by atoms with Gasteiger partial charge in [0, 0.05) is 52.3 Å². The van der Waals surface area contributed by atoms with Crippen LogP contribution in [0.25, 0.3) is 23.0 Å². The lowest BCUT2D eigenvalue weighted by atomic mass is 9.83. The molecule has 6 rings (SSSR count). The molecule has 2 atom stereocenters. The lowest BCUT2D eigenvalue weighted by Crippen LogP contribution is -2.41. The molecule has 0 aliphatic carbocycles. The van der Waals surface area contributed by atoms with E-state index in [1.807, 2.05) is 23.1 Å².